The minimum absolute atomic E-state index is 0.0111. The molecule has 224 valence electrons. The molecule has 2 aliphatic heterocycles. The number of aromatic nitrogens is 3. The number of pyridine rings is 1. The predicted octanol–water partition coefficient (Wildman–Crippen LogP) is 5.00. The van der Waals surface area contributed by atoms with E-state index in [0.29, 0.717) is 17.5 Å². The molecule has 4 heterocycles. The number of hydrogen-bond donors (Lipinski definition) is 1. The van der Waals surface area contributed by atoms with E-state index >= 15 is 0 Å². The van der Waals surface area contributed by atoms with Crippen LogP contribution in [0.5, 0.6) is 0 Å². The predicted molar refractivity (Wildman–Crippen MR) is 162 cm³/mol. The highest BCUT2D eigenvalue weighted by Gasteiger charge is 2.53. The first kappa shape index (κ1) is 29.8. The molecule has 2 aromatic heterocycles. The van der Waals surface area contributed by atoms with Gasteiger partial charge in [0.2, 0.25) is 5.95 Å². The average molecular weight is 652 g/mol. The molecule has 2 aliphatic rings. The summed E-state index contributed by atoms with van der Waals surface area (Å²) in [7, 11) is -4.40. The molecule has 0 aliphatic carbocycles. The third kappa shape index (κ3) is 4.64. The van der Waals surface area contributed by atoms with Gasteiger partial charge in [-0.3, -0.25) is 14.2 Å². The largest absolute Gasteiger partial charge is 0.480 e. The maximum atomic E-state index is 14.4. The highest BCUT2D eigenvalue weighted by molar-refractivity contribution is 7.89. The number of fused-ring (bicyclic) bond motifs is 1. The van der Waals surface area contributed by atoms with Crippen LogP contribution in [0.3, 0.4) is 0 Å². The molecule has 0 bridgehead atoms. The van der Waals surface area contributed by atoms with Crippen molar-refractivity contribution in [3.05, 3.63) is 88.3 Å². The van der Waals surface area contributed by atoms with E-state index in [4.69, 9.17) is 23.2 Å². The second kappa shape index (κ2) is 11.0. The van der Waals surface area contributed by atoms with Crippen LogP contribution in [0.1, 0.15) is 31.0 Å². The smallest absolute Gasteiger partial charge is 0.322 e. The highest BCUT2D eigenvalue weighted by Crippen LogP contribution is 2.47. The normalized spacial score (nSPS) is 20.1. The van der Waals surface area contributed by atoms with Crippen molar-refractivity contribution in [3.63, 3.8) is 0 Å². The Morgan fingerprint density at radius 1 is 1.14 bits per heavy atom. The Balaban J connectivity index is 1.47. The SMILES string of the molecule is CC1(Cc2ccc(-c3cccnc3C#N)cc2)C(=O)N(c2cccc(Cl)c2Cl)c2ncc(S(=O)(=O)N3CCCC3C(=O)O)n21. The lowest BCUT2D eigenvalue weighted by Gasteiger charge is -2.28. The quantitative estimate of drug-likeness (QED) is 0.294. The number of hydrogen-bond acceptors (Lipinski definition) is 7. The van der Waals surface area contributed by atoms with E-state index in [1.165, 1.54) is 15.7 Å². The van der Waals surface area contributed by atoms with Crippen LogP contribution >= 0.6 is 23.2 Å². The van der Waals surface area contributed by atoms with Crippen molar-refractivity contribution in [1.29, 1.82) is 5.26 Å². The molecule has 1 amide bonds. The van der Waals surface area contributed by atoms with Gasteiger partial charge in [-0.05, 0) is 55.2 Å². The van der Waals surface area contributed by atoms with Crippen LogP contribution in [-0.2, 0) is 31.6 Å². The standard InChI is InChI=1S/C30H24Cl2N6O5S/c1-30(15-18-9-11-19(12-10-18)20-5-3-13-34-22(20)16-33)28(41)37(23-7-2-6-21(31)26(23)32)29-35-17-25(38(29)30)44(42,43)36-14-4-8-24(36)27(39)40/h2-3,5-7,9-13,17,24H,4,8,14-15H2,1H3,(H,39,40). The number of aliphatic carboxylic acids is 1. The Bertz CT molecular complexity index is 1970. The summed E-state index contributed by atoms with van der Waals surface area (Å²) >= 11 is 12.8. The van der Waals surface area contributed by atoms with Gasteiger partial charge in [0, 0.05) is 24.7 Å². The van der Waals surface area contributed by atoms with Crippen molar-refractivity contribution in [1.82, 2.24) is 18.8 Å². The van der Waals surface area contributed by atoms with Crippen molar-refractivity contribution in [2.24, 2.45) is 0 Å². The number of carboxylic acid groups (broad SMARTS) is 1. The molecule has 4 aromatic rings. The zero-order valence-corrected chi connectivity index (χ0v) is 25.5. The molecular weight excluding hydrogens is 627 g/mol. The highest BCUT2D eigenvalue weighted by atomic mass is 35.5. The molecule has 1 saturated heterocycles. The fourth-order valence-corrected chi connectivity index (χ4v) is 8.14. The summed E-state index contributed by atoms with van der Waals surface area (Å²) in [5.41, 5.74) is 1.06. The summed E-state index contributed by atoms with van der Waals surface area (Å²) in [5, 5.41) is 19.2. The molecule has 6 rings (SSSR count). The second-order valence-electron chi connectivity index (χ2n) is 10.7. The van der Waals surface area contributed by atoms with Gasteiger partial charge in [0.15, 0.2) is 5.03 Å². The maximum Gasteiger partial charge on any atom is 0.322 e. The fraction of sp³-hybridized carbons (Fsp3) is 0.233. The molecule has 0 spiro atoms. The first-order valence-corrected chi connectivity index (χ1v) is 15.7. The van der Waals surface area contributed by atoms with E-state index in [-0.39, 0.29) is 51.8 Å². The number of carbonyl (C=O) groups is 2. The lowest BCUT2D eigenvalue weighted by atomic mass is 9.91. The molecule has 44 heavy (non-hydrogen) atoms. The number of benzene rings is 2. The Labute approximate surface area is 262 Å². The second-order valence-corrected chi connectivity index (χ2v) is 13.3. The number of anilines is 2. The van der Waals surface area contributed by atoms with E-state index in [1.54, 1.807) is 61.5 Å². The van der Waals surface area contributed by atoms with Crippen LogP contribution in [-0.4, -0.2) is 56.8 Å². The minimum atomic E-state index is -4.40. The number of sulfonamides is 1. The molecule has 0 saturated carbocycles. The number of imidazole rings is 1. The van der Waals surface area contributed by atoms with Crippen LogP contribution in [0.25, 0.3) is 11.1 Å². The summed E-state index contributed by atoms with van der Waals surface area (Å²) in [5.74, 6) is -1.73. The van der Waals surface area contributed by atoms with Crippen molar-refractivity contribution in [2.75, 3.05) is 11.4 Å². The first-order valence-electron chi connectivity index (χ1n) is 13.5. The Morgan fingerprint density at radius 2 is 1.89 bits per heavy atom. The summed E-state index contributed by atoms with van der Waals surface area (Å²) < 4.78 is 30.4. The van der Waals surface area contributed by atoms with Crippen molar-refractivity contribution < 1.29 is 23.1 Å². The number of rotatable bonds is 7. The number of carbonyl (C=O) groups excluding carboxylic acids is 1. The third-order valence-corrected chi connectivity index (χ3v) is 10.7. The van der Waals surface area contributed by atoms with Gasteiger partial charge in [-0.15, -0.1) is 0 Å². The van der Waals surface area contributed by atoms with Crippen LogP contribution in [0.2, 0.25) is 10.0 Å². The van der Waals surface area contributed by atoms with Gasteiger partial charge in [0.25, 0.3) is 15.9 Å². The number of nitriles is 1. The van der Waals surface area contributed by atoms with Gasteiger partial charge in [-0.1, -0.05) is 53.5 Å². The van der Waals surface area contributed by atoms with E-state index in [1.807, 2.05) is 0 Å². The summed E-state index contributed by atoms with van der Waals surface area (Å²) in [4.78, 5) is 36.0. The number of carboxylic acids is 1. The zero-order valence-electron chi connectivity index (χ0n) is 23.2. The topological polar surface area (TPSA) is 149 Å². The average Bonchev–Trinajstić information content (AvgIpc) is 3.73. The van der Waals surface area contributed by atoms with E-state index in [2.05, 4.69) is 16.0 Å². The fourth-order valence-electron chi connectivity index (χ4n) is 5.92. The summed E-state index contributed by atoms with van der Waals surface area (Å²) in [6.07, 6.45) is 3.29. The third-order valence-electron chi connectivity index (χ3n) is 8.03. The van der Waals surface area contributed by atoms with Crippen molar-refractivity contribution in [2.45, 2.75) is 42.8 Å². The van der Waals surface area contributed by atoms with Crippen LogP contribution in [0.4, 0.5) is 11.6 Å². The van der Waals surface area contributed by atoms with Gasteiger partial charge >= 0.3 is 5.97 Å². The van der Waals surface area contributed by atoms with E-state index in [0.717, 1.165) is 16.1 Å². The number of halogens is 2. The number of nitrogens with zero attached hydrogens (tertiary/aromatic N) is 6. The lowest BCUT2D eigenvalue weighted by molar-refractivity contribution is -0.140. The van der Waals surface area contributed by atoms with E-state index in [9.17, 15) is 28.4 Å². The van der Waals surface area contributed by atoms with Gasteiger partial charge in [0.1, 0.15) is 23.3 Å². The molecule has 1 fully saturated rings. The molecule has 2 unspecified atom stereocenters. The lowest BCUT2D eigenvalue weighted by Crippen LogP contribution is -2.45. The summed E-state index contributed by atoms with van der Waals surface area (Å²) in [6, 6.07) is 16.3. The monoisotopic (exact) mass is 650 g/mol. The molecule has 0 radical (unpaired) electrons. The molecular formula is C30H24Cl2N6O5S. The van der Waals surface area contributed by atoms with Crippen LogP contribution < -0.4 is 4.90 Å². The molecule has 1 N–H and O–H groups in total. The van der Waals surface area contributed by atoms with Gasteiger partial charge < -0.3 is 5.11 Å². The van der Waals surface area contributed by atoms with Crippen LogP contribution in [0.15, 0.2) is 72.0 Å². The maximum absolute atomic E-state index is 14.4. The van der Waals surface area contributed by atoms with Crippen molar-refractivity contribution in [3.8, 4) is 17.2 Å². The van der Waals surface area contributed by atoms with Gasteiger partial charge in [0.05, 0.1) is 21.9 Å². The van der Waals surface area contributed by atoms with Gasteiger partial charge in [-0.25, -0.2) is 23.3 Å². The van der Waals surface area contributed by atoms with Gasteiger partial charge in [-0.2, -0.15) is 9.57 Å². The Hall–Kier alpha value is -4.28. The Morgan fingerprint density at radius 3 is 2.59 bits per heavy atom. The zero-order chi connectivity index (χ0) is 31.4. The van der Waals surface area contributed by atoms with Crippen LogP contribution in [0, 0.1) is 11.3 Å². The van der Waals surface area contributed by atoms with Crippen molar-refractivity contribution >= 4 is 56.7 Å². The molecule has 11 nitrogen and oxygen atoms in total. The summed E-state index contributed by atoms with van der Waals surface area (Å²) in [6.45, 7) is 1.63. The molecule has 2 atom stereocenters. The van der Waals surface area contributed by atoms with E-state index < -0.39 is 33.5 Å². The molecule has 14 heteroatoms. The molecule has 2 aromatic carbocycles. The first-order chi connectivity index (χ1) is 21.0. The minimum Gasteiger partial charge on any atom is -0.480 e. The Kier molecular flexibility index (Phi) is 7.45. The number of amides is 1.